The van der Waals surface area contributed by atoms with E-state index in [2.05, 4.69) is 5.32 Å². The topological polar surface area (TPSA) is 63.5 Å². The van der Waals surface area contributed by atoms with Crippen LogP contribution in [0.5, 0.6) is 0 Å². The van der Waals surface area contributed by atoms with Gasteiger partial charge in [0.05, 0.1) is 29.9 Å². The minimum absolute atomic E-state index is 0.0185. The van der Waals surface area contributed by atoms with Crippen molar-refractivity contribution < 1.29 is 14.6 Å². The number of carbonyl (C=O) groups is 1. The molecule has 1 amide bonds. The number of nitrogens with zero attached hydrogens (tertiary/aromatic N) is 1. The molecule has 27 heavy (non-hydrogen) atoms. The van der Waals surface area contributed by atoms with E-state index in [1.54, 1.807) is 16.7 Å². The Balaban J connectivity index is 1.67. The highest BCUT2D eigenvalue weighted by Crippen LogP contribution is 2.34. The molecule has 0 saturated carbocycles. The van der Waals surface area contributed by atoms with Crippen LogP contribution in [0.15, 0.2) is 42.5 Å². The van der Waals surface area contributed by atoms with Crippen molar-refractivity contribution in [2.75, 3.05) is 13.2 Å². The molecule has 1 fully saturated rings. The third kappa shape index (κ3) is 3.01. The molecule has 0 spiro atoms. The van der Waals surface area contributed by atoms with Gasteiger partial charge in [-0.15, -0.1) is 0 Å². The largest absolute Gasteiger partial charge is 0.392 e. The van der Waals surface area contributed by atoms with Crippen molar-refractivity contribution >= 4 is 40.0 Å². The van der Waals surface area contributed by atoms with Crippen molar-refractivity contribution in [2.24, 2.45) is 7.05 Å². The lowest BCUT2D eigenvalue weighted by Crippen LogP contribution is -2.59. The Kier molecular flexibility index (Phi) is 4.64. The summed E-state index contributed by atoms with van der Waals surface area (Å²) in [6.45, 7) is 0.775. The van der Waals surface area contributed by atoms with Gasteiger partial charge in [-0.2, -0.15) is 0 Å². The second-order valence-corrected chi connectivity index (χ2v) is 7.55. The van der Waals surface area contributed by atoms with Gasteiger partial charge in [0.25, 0.3) is 5.91 Å². The first kappa shape index (κ1) is 18.3. The summed E-state index contributed by atoms with van der Waals surface area (Å²) < 4.78 is 7.20. The zero-order valence-corrected chi connectivity index (χ0v) is 16.1. The van der Waals surface area contributed by atoms with Crippen LogP contribution in [0.25, 0.3) is 10.9 Å². The average Bonchev–Trinajstić information content (AvgIpc) is 2.99. The number of hydrogen-bond donors (Lipinski definition) is 2. The van der Waals surface area contributed by atoms with E-state index in [0.717, 1.165) is 22.0 Å². The molecule has 7 heteroatoms. The SMILES string of the molecule is Cn1c(C(=O)NC2(c3ccc(CO)cc3)COC2)cc2c(Cl)c(Cl)ccc21. The van der Waals surface area contributed by atoms with Crippen molar-refractivity contribution in [1.82, 2.24) is 9.88 Å². The monoisotopic (exact) mass is 404 g/mol. The van der Waals surface area contributed by atoms with Gasteiger partial charge in [-0.25, -0.2) is 0 Å². The summed E-state index contributed by atoms with van der Waals surface area (Å²) in [5.41, 5.74) is 2.51. The number of rotatable bonds is 4. The van der Waals surface area contributed by atoms with Crippen molar-refractivity contribution in [1.29, 1.82) is 0 Å². The summed E-state index contributed by atoms with van der Waals surface area (Å²) >= 11 is 12.4. The Labute approximate surface area is 166 Å². The van der Waals surface area contributed by atoms with E-state index >= 15 is 0 Å². The molecular formula is C20H18Cl2N2O3. The number of nitrogens with one attached hydrogen (secondary N) is 1. The van der Waals surface area contributed by atoms with Crippen LogP contribution in [0.4, 0.5) is 0 Å². The number of aromatic nitrogens is 1. The van der Waals surface area contributed by atoms with Crippen molar-refractivity contribution in [3.63, 3.8) is 0 Å². The van der Waals surface area contributed by atoms with Crippen LogP contribution in [-0.2, 0) is 23.9 Å². The van der Waals surface area contributed by atoms with Gasteiger partial charge >= 0.3 is 0 Å². The first-order valence-electron chi connectivity index (χ1n) is 8.49. The maximum Gasteiger partial charge on any atom is 0.268 e. The fourth-order valence-corrected chi connectivity index (χ4v) is 3.77. The van der Waals surface area contributed by atoms with Gasteiger partial charge in [0.15, 0.2) is 0 Å². The lowest BCUT2D eigenvalue weighted by molar-refractivity contribution is -0.0734. The van der Waals surface area contributed by atoms with Crippen LogP contribution < -0.4 is 5.32 Å². The first-order chi connectivity index (χ1) is 12.9. The first-order valence-corrected chi connectivity index (χ1v) is 9.25. The molecule has 5 nitrogen and oxygen atoms in total. The fraction of sp³-hybridized carbons (Fsp3) is 0.250. The molecule has 0 aliphatic carbocycles. The van der Waals surface area contributed by atoms with Crippen LogP contribution in [0.3, 0.4) is 0 Å². The van der Waals surface area contributed by atoms with Crippen LogP contribution in [0.1, 0.15) is 21.6 Å². The van der Waals surface area contributed by atoms with Gasteiger partial charge < -0.3 is 19.7 Å². The minimum atomic E-state index is -0.580. The zero-order chi connectivity index (χ0) is 19.2. The average molecular weight is 405 g/mol. The maximum atomic E-state index is 13.0. The smallest absolute Gasteiger partial charge is 0.268 e. The van der Waals surface area contributed by atoms with Gasteiger partial charge in [0, 0.05) is 18.0 Å². The summed E-state index contributed by atoms with van der Waals surface area (Å²) in [6, 6.07) is 12.8. The highest BCUT2D eigenvalue weighted by atomic mass is 35.5. The van der Waals surface area contributed by atoms with Crippen LogP contribution in [0, 0.1) is 0 Å². The van der Waals surface area contributed by atoms with Crippen LogP contribution in [-0.4, -0.2) is 28.8 Å². The summed E-state index contributed by atoms with van der Waals surface area (Å²) in [5, 5.41) is 14.0. The lowest BCUT2D eigenvalue weighted by atomic mass is 9.87. The Morgan fingerprint density at radius 1 is 1.22 bits per heavy atom. The number of ether oxygens (including phenoxy) is 1. The maximum absolute atomic E-state index is 13.0. The molecule has 0 radical (unpaired) electrons. The summed E-state index contributed by atoms with van der Waals surface area (Å²) in [6.07, 6.45) is 0. The van der Waals surface area contributed by atoms with E-state index in [4.69, 9.17) is 27.9 Å². The number of aliphatic hydroxyl groups is 1. The molecule has 1 aliphatic heterocycles. The Hall–Kier alpha value is -2.05. The summed E-state index contributed by atoms with van der Waals surface area (Å²) in [4.78, 5) is 13.0. The Bertz CT molecular complexity index is 1020. The molecule has 140 valence electrons. The minimum Gasteiger partial charge on any atom is -0.392 e. The molecule has 0 unspecified atom stereocenters. The highest BCUT2D eigenvalue weighted by Gasteiger charge is 2.42. The quantitative estimate of drug-likeness (QED) is 0.697. The molecule has 4 rings (SSSR count). The second-order valence-electron chi connectivity index (χ2n) is 6.77. The van der Waals surface area contributed by atoms with Crippen molar-refractivity contribution in [3.05, 3.63) is 69.3 Å². The number of carbonyl (C=O) groups excluding carboxylic acids is 1. The molecule has 0 bridgehead atoms. The fourth-order valence-electron chi connectivity index (χ4n) is 3.39. The third-order valence-corrected chi connectivity index (χ3v) is 5.90. The number of amides is 1. The predicted molar refractivity (Wildman–Crippen MR) is 105 cm³/mol. The molecule has 2 N–H and O–H groups in total. The lowest BCUT2D eigenvalue weighted by Gasteiger charge is -2.42. The zero-order valence-electron chi connectivity index (χ0n) is 14.6. The molecule has 1 aliphatic rings. The van der Waals surface area contributed by atoms with E-state index in [9.17, 15) is 9.90 Å². The van der Waals surface area contributed by atoms with Crippen LogP contribution in [0.2, 0.25) is 10.0 Å². The molecule has 2 aromatic carbocycles. The Morgan fingerprint density at radius 2 is 1.93 bits per heavy atom. The predicted octanol–water partition coefficient (Wildman–Crippen LogP) is 3.63. The summed E-state index contributed by atoms with van der Waals surface area (Å²) in [7, 11) is 1.82. The second kappa shape index (κ2) is 6.84. The van der Waals surface area contributed by atoms with E-state index < -0.39 is 5.54 Å². The number of aryl methyl sites for hydroxylation is 1. The van der Waals surface area contributed by atoms with Gasteiger partial charge in [-0.3, -0.25) is 4.79 Å². The standard InChI is InChI=1S/C20H18Cl2N2O3/c1-24-16-7-6-15(21)18(22)14(16)8-17(24)19(26)23-20(10-27-11-20)13-4-2-12(9-25)3-5-13/h2-8,25H,9-11H2,1H3,(H,23,26). The van der Waals surface area contributed by atoms with Gasteiger partial charge in [-0.05, 0) is 29.3 Å². The molecule has 1 aromatic heterocycles. The van der Waals surface area contributed by atoms with E-state index in [1.165, 1.54) is 0 Å². The van der Waals surface area contributed by atoms with Gasteiger partial charge in [0.1, 0.15) is 11.2 Å². The number of fused-ring (bicyclic) bond motifs is 1. The molecular weight excluding hydrogens is 387 g/mol. The van der Waals surface area contributed by atoms with E-state index in [-0.39, 0.29) is 12.5 Å². The number of benzene rings is 2. The third-order valence-electron chi connectivity index (χ3n) is 5.08. The highest BCUT2D eigenvalue weighted by molar-refractivity contribution is 6.45. The number of hydrogen-bond acceptors (Lipinski definition) is 3. The summed E-state index contributed by atoms with van der Waals surface area (Å²) in [5.74, 6) is -0.213. The molecule has 3 aromatic rings. The van der Waals surface area contributed by atoms with Gasteiger partial charge in [0.2, 0.25) is 0 Å². The van der Waals surface area contributed by atoms with Crippen LogP contribution >= 0.6 is 23.2 Å². The normalized spacial score (nSPS) is 15.6. The number of aliphatic hydroxyl groups excluding tert-OH is 1. The molecule has 0 atom stereocenters. The van der Waals surface area contributed by atoms with Gasteiger partial charge in [-0.1, -0.05) is 47.5 Å². The van der Waals surface area contributed by atoms with Crippen molar-refractivity contribution in [2.45, 2.75) is 12.1 Å². The molecule has 1 saturated heterocycles. The van der Waals surface area contributed by atoms with E-state index in [1.807, 2.05) is 37.4 Å². The molecule has 2 heterocycles. The van der Waals surface area contributed by atoms with Crippen molar-refractivity contribution in [3.8, 4) is 0 Å². The Morgan fingerprint density at radius 3 is 2.52 bits per heavy atom. The van der Waals surface area contributed by atoms with E-state index in [0.29, 0.717) is 29.0 Å². The number of halogens is 2.